The zero-order valence-electron chi connectivity index (χ0n) is 14.1. The van der Waals surface area contributed by atoms with E-state index in [4.69, 9.17) is 9.47 Å². The van der Waals surface area contributed by atoms with Crippen LogP contribution in [0.5, 0.6) is 11.6 Å². The largest absolute Gasteiger partial charge is 0.492 e. The van der Waals surface area contributed by atoms with Gasteiger partial charge in [-0.25, -0.2) is 13.6 Å². The number of carbonyl (C=O) groups is 1. The van der Waals surface area contributed by atoms with Crippen LogP contribution in [0.4, 0.5) is 8.78 Å². The zero-order valence-corrected chi connectivity index (χ0v) is 14.1. The molecule has 0 radical (unpaired) electrons. The first-order chi connectivity index (χ1) is 12.4. The number of rotatable bonds is 5. The third-order valence-corrected chi connectivity index (χ3v) is 3.71. The van der Waals surface area contributed by atoms with Gasteiger partial charge in [-0.15, -0.1) is 0 Å². The van der Waals surface area contributed by atoms with E-state index >= 15 is 0 Å². The van der Waals surface area contributed by atoms with Crippen LogP contribution in [0, 0.1) is 18.6 Å². The number of ether oxygens (including phenoxy) is 2. The lowest BCUT2D eigenvalue weighted by molar-refractivity contribution is 0.0514. The summed E-state index contributed by atoms with van der Waals surface area (Å²) < 4.78 is 39.3. The summed E-state index contributed by atoms with van der Waals surface area (Å²) >= 11 is 0. The van der Waals surface area contributed by atoms with E-state index in [2.05, 4.69) is 4.98 Å². The van der Waals surface area contributed by atoms with Gasteiger partial charge >= 0.3 is 5.97 Å². The van der Waals surface area contributed by atoms with Crippen molar-refractivity contribution in [3.63, 3.8) is 0 Å². The first kappa shape index (κ1) is 17.7. The normalized spacial score (nSPS) is 10.9. The molecular formula is C18H16F2N2O4. The number of halogens is 2. The van der Waals surface area contributed by atoms with Crippen molar-refractivity contribution in [2.45, 2.75) is 20.5 Å². The van der Waals surface area contributed by atoms with Gasteiger partial charge in [0.15, 0.2) is 17.1 Å². The number of pyridine rings is 1. The molecule has 3 rings (SSSR count). The standard InChI is InChI=1S/C18H16F2N2O4/c1-3-25-18(24)15-17(23)21-16-14(7-10(2)8-22(15)16)26-9-11-12(19)5-4-6-13(11)20/h4-8,23H,3,9H2,1-2H3. The number of imidazole rings is 1. The van der Waals surface area contributed by atoms with Gasteiger partial charge in [0.1, 0.15) is 18.2 Å². The van der Waals surface area contributed by atoms with E-state index in [9.17, 15) is 18.7 Å². The Balaban J connectivity index is 2.01. The van der Waals surface area contributed by atoms with Gasteiger partial charge in [-0.2, -0.15) is 4.98 Å². The fourth-order valence-electron chi connectivity index (χ4n) is 2.55. The first-order valence-corrected chi connectivity index (χ1v) is 7.86. The van der Waals surface area contributed by atoms with Gasteiger partial charge in [0.2, 0.25) is 5.88 Å². The highest BCUT2D eigenvalue weighted by molar-refractivity contribution is 5.91. The lowest BCUT2D eigenvalue weighted by atomic mass is 10.2. The quantitative estimate of drug-likeness (QED) is 0.705. The predicted molar refractivity (Wildman–Crippen MR) is 88.2 cm³/mol. The number of aryl methyl sites for hydroxylation is 1. The SMILES string of the molecule is CCOC(=O)c1c(O)nc2c(OCc3c(F)cccc3F)cc(C)cn12. The maximum absolute atomic E-state index is 13.8. The molecule has 0 amide bonds. The summed E-state index contributed by atoms with van der Waals surface area (Å²) in [5.41, 5.74) is 0.443. The second-order valence-electron chi connectivity index (χ2n) is 5.57. The third kappa shape index (κ3) is 3.17. The molecule has 0 fully saturated rings. The zero-order chi connectivity index (χ0) is 18.8. The summed E-state index contributed by atoms with van der Waals surface area (Å²) in [6.45, 7) is 3.14. The minimum atomic E-state index is -0.741. The molecule has 6 nitrogen and oxygen atoms in total. The molecule has 3 aromatic rings. The van der Waals surface area contributed by atoms with Crippen LogP contribution in [-0.4, -0.2) is 27.1 Å². The molecule has 0 unspecified atom stereocenters. The number of carbonyl (C=O) groups excluding carboxylic acids is 1. The van der Waals surface area contributed by atoms with Crippen LogP contribution >= 0.6 is 0 Å². The first-order valence-electron chi connectivity index (χ1n) is 7.86. The molecule has 0 aliphatic carbocycles. The molecule has 0 spiro atoms. The smallest absolute Gasteiger partial charge is 0.361 e. The molecule has 2 heterocycles. The van der Waals surface area contributed by atoms with Crippen molar-refractivity contribution in [2.75, 3.05) is 6.61 Å². The van der Waals surface area contributed by atoms with E-state index in [0.29, 0.717) is 5.56 Å². The van der Waals surface area contributed by atoms with Crippen molar-refractivity contribution >= 4 is 11.6 Å². The van der Waals surface area contributed by atoms with Crippen molar-refractivity contribution < 1.29 is 28.2 Å². The van der Waals surface area contributed by atoms with Gasteiger partial charge in [0.25, 0.3) is 0 Å². The fourth-order valence-corrected chi connectivity index (χ4v) is 2.55. The fraction of sp³-hybridized carbons (Fsp3) is 0.222. The molecule has 1 aromatic carbocycles. The Bertz CT molecular complexity index is 965. The number of fused-ring (bicyclic) bond motifs is 1. The van der Waals surface area contributed by atoms with Gasteiger partial charge in [0, 0.05) is 6.20 Å². The number of hydrogen-bond acceptors (Lipinski definition) is 5. The second kappa shape index (κ2) is 6.99. The summed E-state index contributed by atoms with van der Waals surface area (Å²) in [5, 5.41) is 10.0. The van der Waals surface area contributed by atoms with E-state index in [-0.39, 0.29) is 35.9 Å². The maximum atomic E-state index is 13.8. The lowest BCUT2D eigenvalue weighted by Crippen LogP contribution is -2.09. The average Bonchev–Trinajstić information content (AvgIpc) is 2.90. The Morgan fingerprint density at radius 1 is 1.31 bits per heavy atom. The molecule has 2 aromatic heterocycles. The predicted octanol–water partition coefficient (Wildman–Crippen LogP) is 3.38. The highest BCUT2D eigenvalue weighted by Crippen LogP contribution is 2.28. The summed E-state index contributed by atoms with van der Waals surface area (Å²) in [6.07, 6.45) is 1.57. The Hall–Kier alpha value is -3.16. The highest BCUT2D eigenvalue weighted by Gasteiger charge is 2.23. The van der Waals surface area contributed by atoms with Crippen LogP contribution in [0.2, 0.25) is 0 Å². The summed E-state index contributed by atoms with van der Waals surface area (Å²) in [4.78, 5) is 16.0. The Morgan fingerprint density at radius 2 is 2.00 bits per heavy atom. The molecule has 0 saturated carbocycles. The number of hydrogen-bond donors (Lipinski definition) is 1. The molecule has 26 heavy (non-hydrogen) atoms. The molecule has 0 aliphatic heterocycles. The topological polar surface area (TPSA) is 73.1 Å². The van der Waals surface area contributed by atoms with Crippen LogP contribution in [0.25, 0.3) is 5.65 Å². The van der Waals surface area contributed by atoms with Gasteiger partial charge in [-0.3, -0.25) is 4.40 Å². The molecule has 0 atom stereocenters. The molecule has 0 bridgehead atoms. The Morgan fingerprint density at radius 3 is 2.65 bits per heavy atom. The minimum Gasteiger partial charge on any atom is -0.492 e. The van der Waals surface area contributed by atoms with Crippen LogP contribution in [0.1, 0.15) is 28.5 Å². The number of esters is 1. The number of aromatic nitrogens is 2. The van der Waals surface area contributed by atoms with Crippen LogP contribution in [-0.2, 0) is 11.3 Å². The van der Waals surface area contributed by atoms with Crippen molar-refractivity contribution in [2.24, 2.45) is 0 Å². The van der Waals surface area contributed by atoms with Crippen molar-refractivity contribution in [3.8, 4) is 11.6 Å². The molecule has 8 heteroatoms. The van der Waals surface area contributed by atoms with Gasteiger partial charge in [0.05, 0.1) is 12.2 Å². The monoisotopic (exact) mass is 362 g/mol. The van der Waals surface area contributed by atoms with Gasteiger partial charge in [-0.1, -0.05) is 6.07 Å². The molecule has 0 aliphatic rings. The summed E-state index contributed by atoms with van der Waals surface area (Å²) in [7, 11) is 0. The highest BCUT2D eigenvalue weighted by atomic mass is 19.1. The molecule has 136 valence electrons. The van der Waals surface area contributed by atoms with Crippen molar-refractivity contribution in [1.29, 1.82) is 0 Å². The Kier molecular flexibility index (Phi) is 4.75. The number of benzene rings is 1. The minimum absolute atomic E-state index is 0.132. The van der Waals surface area contributed by atoms with Crippen LogP contribution in [0.15, 0.2) is 30.5 Å². The average molecular weight is 362 g/mol. The number of nitrogens with zero attached hydrogens (tertiary/aromatic N) is 2. The van der Waals surface area contributed by atoms with E-state index in [0.717, 1.165) is 12.1 Å². The van der Waals surface area contributed by atoms with Crippen LogP contribution < -0.4 is 4.74 Å². The second-order valence-corrected chi connectivity index (χ2v) is 5.57. The molecule has 0 saturated heterocycles. The third-order valence-electron chi connectivity index (χ3n) is 3.71. The van der Waals surface area contributed by atoms with E-state index < -0.39 is 23.5 Å². The van der Waals surface area contributed by atoms with E-state index in [1.54, 1.807) is 26.1 Å². The summed E-state index contributed by atoms with van der Waals surface area (Å²) in [5.74, 6) is -2.55. The van der Waals surface area contributed by atoms with Gasteiger partial charge in [-0.05, 0) is 37.6 Å². The lowest BCUT2D eigenvalue weighted by Gasteiger charge is -2.10. The number of aromatic hydroxyl groups is 1. The maximum Gasteiger partial charge on any atom is 0.361 e. The van der Waals surface area contributed by atoms with Gasteiger partial charge < -0.3 is 14.6 Å². The molecule has 1 N–H and O–H groups in total. The van der Waals surface area contributed by atoms with E-state index in [1.807, 2.05) is 0 Å². The van der Waals surface area contributed by atoms with Crippen LogP contribution in [0.3, 0.4) is 0 Å². The van der Waals surface area contributed by atoms with Crippen molar-refractivity contribution in [1.82, 2.24) is 9.38 Å². The van der Waals surface area contributed by atoms with Crippen molar-refractivity contribution in [3.05, 3.63) is 58.9 Å². The Labute approximate surface area is 147 Å². The van der Waals surface area contributed by atoms with E-state index in [1.165, 1.54) is 10.5 Å². The summed E-state index contributed by atoms with van der Waals surface area (Å²) in [6, 6.07) is 5.12. The molecular weight excluding hydrogens is 346 g/mol.